The van der Waals surface area contributed by atoms with E-state index in [4.69, 9.17) is 0 Å². The molecule has 4 heteroatoms. The van der Waals surface area contributed by atoms with Crippen molar-refractivity contribution in [2.24, 2.45) is 11.8 Å². The van der Waals surface area contributed by atoms with Crippen molar-refractivity contribution in [1.29, 1.82) is 0 Å². The third-order valence-electron chi connectivity index (χ3n) is 4.67. The van der Waals surface area contributed by atoms with Gasteiger partial charge in [0.1, 0.15) is 11.6 Å². The van der Waals surface area contributed by atoms with Crippen LogP contribution in [0.4, 0.5) is 8.78 Å². The standard InChI is InChI=1S/C16H20BrF2N/c17-14-6-7-15(18)13(16(14)19)8-10-2-1-3-11(10)9-20-12-4-5-12/h6-7,10-12,20H,1-5,8-9H2. The molecule has 0 saturated heterocycles. The average Bonchev–Trinajstić information content (AvgIpc) is 3.16. The van der Waals surface area contributed by atoms with Gasteiger partial charge in [-0.25, -0.2) is 8.78 Å². The van der Waals surface area contributed by atoms with Crippen LogP contribution in [-0.2, 0) is 6.42 Å². The lowest BCUT2D eigenvalue weighted by Crippen LogP contribution is -2.28. The van der Waals surface area contributed by atoms with Gasteiger partial charge < -0.3 is 5.32 Å². The van der Waals surface area contributed by atoms with Crippen LogP contribution in [0.2, 0.25) is 0 Å². The minimum absolute atomic E-state index is 0.252. The highest BCUT2D eigenvalue weighted by atomic mass is 79.9. The maximum Gasteiger partial charge on any atom is 0.143 e. The maximum atomic E-state index is 14.1. The summed E-state index contributed by atoms with van der Waals surface area (Å²) >= 11 is 3.15. The van der Waals surface area contributed by atoms with Gasteiger partial charge in [-0.2, -0.15) is 0 Å². The molecule has 0 spiro atoms. The van der Waals surface area contributed by atoms with Crippen molar-refractivity contribution >= 4 is 15.9 Å². The van der Waals surface area contributed by atoms with Gasteiger partial charge in [-0.1, -0.05) is 6.42 Å². The van der Waals surface area contributed by atoms with Crippen LogP contribution >= 0.6 is 15.9 Å². The lowest BCUT2D eigenvalue weighted by molar-refractivity contribution is 0.355. The van der Waals surface area contributed by atoms with Crippen molar-refractivity contribution in [3.8, 4) is 0 Å². The summed E-state index contributed by atoms with van der Waals surface area (Å²) in [6.45, 7) is 1.01. The Kier molecular flexibility index (Phi) is 4.41. The molecule has 3 rings (SSSR count). The second-order valence-corrected chi connectivity index (χ2v) is 7.01. The second kappa shape index (κ2) is 6.10. The Labute approximate surface area is 127 Å². The van der Waals surface area contributed by atoms with Crippen LogP contribution < -0.4 is 5.32 Å². The smallest absolute Gasteiger partial charge is 0.143 e. The van der Waals surface area contributed by atoms with Crippen LogP contribution in [0.5, 0.6) is 0 Å². The number of hydrogen-bond donors (Lipinski definition) is 1. The van der Waals surface area contributed by atoms with Crippen LogP contribution in [0.15, 0.2) is 16.6 Å². The molecule has 1 nitrogen and oxygen atoms in total. The lowest BCUT2D eigenvalue weighted by Gasteiger charge is -2.21. The second-order valence-electron chi connectivity index (χ2n) is 6.16. The Morgan fingerprint density at radius 3 is 2.60 bits per heavy atom. The number of hydrogen-bond acceptors (Lipinski definition) is 1. The fourth-order valence-electron chi connectivity index (χ4n) is 3.27. The molecule has 110 valence electrons. The van der Waals surface area contributed by atoms with Gasteiger partial charge in [-0.05, 0) is 78.5 Å². The molecule has 2 fully saturated rings. The Bertz CT molecular complexity index is 488. The Morgan fingerprint density at radius 1 is 1.10 bits per heavy atom. The summed E-state index contributed by atoms with van der Waals surface area (Å²) in [5, 5.41) is 3.56. The van der Waals surface area contributed by atoms with Crippen LogP contribution in [0.1, 0.15) is 37.7 Å². The summed E-state index contributed by atoms with van der Waals surface area (Å²) in [7, 11) is 0. The van der Waals surface area contributed by atoms with Gasteiger partial charge in [0.2, 0.25) is 0 Å². The van der Waals surface area contributed by atoms with Crippen molar-refractivity contribution in [2.45, 2.75) is 44.6 Å². The molecule has 2 aliphatic rings. The quantitative estimate of drug-likeness (QED) is 0.779. The number of nitrogens with one attached hydrogen (secondary N) is 1. The Morgan fingerprint density at radius 2 is 1.85 bits per heavy atom. The molecule has 2 unspecified atom stereocenters. The van der Waals surface area contributed by atoms with Crippen molar-refractivity contribution in [3.05, 3.63) is 33.8 Å². The molecule has 0 radical (unpaired) electrons. The number of rotatable bonds is 5. The van der Waals surface area contributed by atoms with E-state index in [9.17, 15) is 8.78 Å². The van der Waals surface area contributed by atoms with E-state index in [0.29, 0.717) is 28.8 Å². The van der Waals surface area contributed by atoms with Crippen molar-refractivity contribution in [1.82, 2.24) is 5.32 Å². The monoisotopic (exact) mass is 343 g/mol. The van der Waals surface area contributed by atoms with E-state index in [1.54, 1.807) is 0 Å². The van der Waals surface area contributed by atoms with Crippen molar-refractivity contribution in [2.75, 3.05) is 6.54 Å². The zero-order chi connectivity index (χ0) is 14.1. The molecule has 0 bridgehead atoms. The number of benzene rings is 1. The fourth-order valence-corrected chi connectivity index (χ4v) is 3.65. The number of halogens is 3. The summed E-state index contributed by atoms with van der Waals surface area (Å²) in [4.78, 5) is 0. The largest absolute Gasteiger partial charge is 0.314 e. The van der Waals surface area contributed by atoms with E-state index in [1.165, 1.54) is 37.8 Å². The topological polar surface area (TPSA) is 12.0 Å². The molecule has 2 aliphatic carbocycles. The van der Waals surface area contributed by atoms with E-state index in [2.05, 4.69) is 21.2 Å². The van der Waals surface area contributed by atoms with Crippen LogP contribution in [0, 0.1) is 23.5 Å². The lowest BCUT2D eigenvalue weighted by atomic mass is 9.89. The molecule has 0 amide bonds. The first kappa shape index (κ1) is 14.5. The predicted molar refractivity (Wildman–Crippen MR) is 79.6 cm³/mol. The zero-order valence-corrected chi connectivity index (χ0v) is 13.1. The molecular weight excluding hydrogens is 324 g/mol. The first-order valence-corrected chi connectivity index (χ1v) is 8.30. The van der Waals surface area contributed by atoms with E-state index in [1.807, 2.05) is 0 Å². The van der Waals surface area contributed by atoms with Gasteiger partial charge in [0.25, 0.3) is 0 Å². The highest BCUT2D eigenvalue weighted by Gasteiger charge is 2.31. The normalized spacial score (nSPS) is 26.1. The van der Waals surface area contributed by atoms with Crippen LogP contribution in [0.3, 0.4) is 0 Å². The minimum Gasteiger partial charge on any atom is -0.314 e. The summed E-state index contributed by atoms with van der Waals surface area (Å²) < 4.78 is 28.3. The van der Waals surface area contributed by atoms with Crippen molar-refractivity contribution < 1.29 is 8.78 Å². The van der Waals surface area contributed by atoms with Crippen LogP contribution in [0.25, 0.3) is 0 Å². The van der Waals surface area contributed by atoms with Crippen molar-refractivity contribution in [3.63, 3.8) is 0 Å². The fraction of sp³-hybridized carbons (Fsp3) is 0.625. The average molecular weight is 344 g/mol. The van der Waals surface area contributed by atoms with Crippen LogP contribution in [-0.4, -0.2) is 12.6 Å². The molecule has 1 N–H and O–H groups in total. The van der Waals surface area contributed by atoms with E-state index in [-0.39, 0.29) is 5.56 Å². The van der Waals surface area contributed by atoms with Gasteiger partial charge in [-0.15, -0.1) is 0 Å². The summed E-state index contributed by atoms with van der Waals surface area (Å²) in [5.74, 6) is 0.130. The van der Waals surface area contributed by atoms with Gasteiger partial charge in [-0.3, -0.25) is 0 Å². The molecule has 0 aliphatic heterocycles. The zero-order valence-electron chi connectivity index (χ0n) is 11.5. The molecule has 20 heavy (non-hydrogen) atoms. The Balaban J connectivity index is 1.67. The van der Waals surface area contributed by atoms with Gasteiger partial charge in [0.15, 0.2) is 0 Å². The molecule has 2 saturated carbocycles. The summed E-state index contributed by atoms with van der Waals surface area (Å²) in [6, 6.07) is 3.50. The molecular formula is C16H20BrF2N. The van der Waals surface area contributed by atoms with E-state index < -0.39 is 11.6 Å². The highest BCUT2D eigenvalue weighted by Crippen LogP contribution is 2.36. The Hall–Kier alpha value is -0.480. The third-order valence-corrected chi connectivity index (χ3v) is 5.28. The van der Waals surface area contributed by atoms with E-state index in [0.717, 1.165) is 13.0 Å². The molecule has 0 aromatic heterocycles. The van der Waals surface area contributed by atoms with Gasteiger partial charge in [0, 0.05) is 11.6 Å². The first-order valence-electron chi connectivity index (χ1n) is 7.51. The summed E-state index contributed by atoms with van der Waals surface area (Å²) in [6.07, 6.45) is 6.54. The maximum absolute atomic E-state index is 14.1. The molecule has 1 aromatic rings. The minimum atomic E-state index is -0.425. The van der Waals surface area contributed by atoms with Gasteiger partial charge in [0.05, 0.1) is 4.47 Å². The molecule has 0 heterocycles. The predicted octanol–water partition coefficient (Wildman–Crippen LogP) is 4.44. The SMILES string of the molecule is Fc1ccc(Br)c(F)c1CC1CCCC1CNC1CC1. The summed E-state index contributed by atoms with van der Waals surface area (Å²) in [5.41, 5.74) is 0.252. The highest BCUT2D eigenvalue weighted by molar-refractivity contribution is 9.10. The third kappa shape index (κ3) is 3.22. The molecule has 1 aromatic carbocycles. The van der Waals surface area contributed by atoms with E-state index >= 15 is 0 Å². The van der Waals surface area contributed by atoms with Gasteiger partial charge >= 0.3 is 0 Å². The first-order chi connectivity index (χ1) is 9.65. The molecule has 2 atom stereocenters.